The lowest BCUT2D eigenvalue weighted by molar-refractivity contribution is -0.160. The lowest BCUT2D eigenvalue weighted by Gasteiger charge is -2.60. The van der Waals surface area contributed by atoms with Crippen LogP contribution in [0.15, 0.2) is 22.8 Å². The quantitative estimate of drug-likeness (QED) is 0.555. The highest BCUT2D eigenvalue weighted by Crippen LogP contribution is 2.65. The van der Waals surface area contributed by atoms with Gasteiger partial charge >= 0.3 is 5.97 Å². The number of esters is 1. The number of hydrogen-bond acceptors (Lipinski definition) is 4. The third-order valence-corrected chi connectivity index (χ3v) is 7.25. The Morgan fingerprint density at radius 2 is 2.08 bits per heavy atom. The van der Waals surface area contributed by atoms with Gasteiger partial charge in [0.05, 0.1) is 19.2 Å². The number of ether oxygens (including phenoxy) is 1. The minimum absolute atomic E-state index is 0.0645. The van der Waals surface area contributed by atoms with Gasteiger partial charge in [-0.25, -0.2) is 0 Å². The number of hydrogen-bond donors (Lipinski definition) is 1. The maximum atomic E-state index is 12.5. The highest BCUT2D eigenvalue weighted by Gasteiger charge is 2.57. The van der Waals surface area contributed by atoms with Crippen LogP contribution in [0.25, 0.3) is 0 Å². The molecular weight excluding hydrogens is 398 g/mol. The van der Waals surface area contributed by atoms with Gasteiger partial charge in [-0.3, -0.25) is 9.59 Å². The van der Waals surface area contributed by atoms with Gasteiger partial charge in [-0.2, -0.15) is 0 Å². The van der Waals surface area contributed by atoms with Gasteiger partial charge in [0.1, 0.15) is 5.76 Å². The Hall–Kier alpha value is -1.30. The number of halogens is 1. The van der Waals surface area contributed by atoms with Crippen molar-refractivity contribution in [1.82, 2.24) is 5.32 Å². The molecule has 4 fully saturated rings. The zero-order valence-electron chi connectivity index (χ0n) is 15.1. The monoisotopic (exact) mass is 423 g/mol. The van der Waals surface area contributed by atoms with Crippen LogP contribution in [0, 0.1) is 17.3 Å². The number of alkyl halides is 1. The van der Waals surface area contributed by atoms with Gasteiger partial charge in [-0.1, -0.05) is 15.9 Å². The van der Waals surface area contributed by atoms with Crippen molar-refractivity contribution in [2.24, 2.45) is 17.3 Å². The lowest BCUT2D eigenvalue weighted by Crippen LogP contribution is -2.53. The molecule has 142 valence electrons. The second kappa shape index (κ2) is 6.70. The molecule has 4 aliphatic carbocycles. The van der Waals surface area contributed by atoms with E-state index < -0.39 is 6.10 Å². The first-order valence-electron chi connectivity index (χ1n) is 9.53. The van der Waals surface area contributed by atoms with E-state index in [0.717, 1.165) is 31.1 Å². The van der Waals surface area contributed by atoms with Gasteiger partial charge < -0.3 is 14.5 Å². The molecule has 4 aliphatic rings. The molecule has 5 rings (SSSR count). The van der Waals surface area contributed by atoms with Crippen LogP contribution < -0.4 is 5.32 Å². The summed E-state index contributed by atoms with van der Waals surface area (Å²) in [6.45, 7) is 1.92. The topological polar surface area (TPSA) is 68.5 Å². The Balaban J connectivity index is 1.30. The zero-order valence-corrected chi connectivity index (χ0v) is 16.7. The molecule has 5 atom stereocenters. The smallest absolute Gasteiger partial charge is 0.307 e. The van der Waals surface area contributed by atoms with E-state index >= 15 is 0 Å². The van der Waals surface area contributed by atoms with Crippen LogP contribution in [0.4, 0.5) is 0 Å². The second-order valence-corrected chi connectivity index (χ2v) is 10.4. The molecule has 1 N–H and O–H groups in total. The molecule has 4 saturated carbocycles. The standard InChI is InChI=1S/C20H26BrNO4/c1-13(18(24)22-11-16-3-2-4-25-16)26-17(23)10-19-6-14-5-15(7-19)9-20(21,8-14)12-19/h2-4,13-15H,5-12H2,1H3,(H,22,24)/t13-,14-,15+,19?,20?/m0/s1. The summed E-state index contributed by atoms with van der Waals surface area (Å²) >= 11 is 3.97. The average molecular weight is 424 g/mol. The van der Waals surface area contributed by atoms with Crippen LogP contribution in [0.5, 0.6) is 0 Å². The minimum atomic E-state index is -0.788. The largest absolute Gasteiger partial charge is 0.467 e. The molecule has 0 saturated heterocycles. The SMILES string of the molecule is C[C@H](OC(=O)CC12C[C@@H]3C[C@@H](CC(Br)(C3)C1)C2)C(=O)NCc1ccco1. The number of carbonyl (C=O) groups excluding carboxylic acids is 2. The van der Waals surface area contributed by atoms with Crippen LogP contribution in [0.2, 0.25) is 0 Å². The third kappa shape index (κ3) is 3.71. The Labute approximate surface area is 162 Å². The van der Waals surface area contributed by atoms with E-state index in [0.29, 0.717) is 18.7 Å². The molecular formula is C20H26BrNO4. The van der Waals surface area contributed by atoms with Crippen LogP contribution in [-0.2, 0) is 20.9 Å². The van der Waals surface area contributed by atoms with Crippen molar-refractivity contribution in [1.29, 1.82) is 0 Å². The third-order valence-electron chi connectivity index (χ3n) is 6.32. The number of amides is 1. The molecule has 1 aromatic heterocycles. The number of rotatable bonds is 6. The first-order valence-corrected chi connectivity index (χ1v) is 10.3. The summed E-state index contributed by atoms with van der Waals surface area (Å²) in [5, 5.41) is 2.74. The Morgan fingerprint density at radius 1 is 1.35 bits per heavy atom. The molecule has 0 aliphatic heterocycles. The van der Waals surface area contributed by atoms with Crippen molar-refractivity contribution in [3.05, 3.63) is 24.2 Å². The predicted molar refractivity (Wildman–Crippen MR) is 99.5 cm³/mol. The molecule has 0 radical (unpaired) electrons. The molecule has 0 aromatic carbocycles. The minimum Gasteiger partial charge on any atom is -0.467 e. The van der Waals surface area contributed by atoms with E-state index in [2.05, 4.69) is 21.2 Å². The predicted octanol–water partition coefficient (Wildman–Crippen LogP) is 3.95. The normalized spacial score (nSPS) is 35.9. The van der Waals surface area contributed by atoms with Crippen molar-refractivity contribution in [3.8, 4) is 0 Å². The van der Waals surface area contributed by atoms with Crippen molar-refractivity contribution in [2.45, 2.75) is 68.8 Å². The molecule has 0 spiro atoms. The number of furan rings is 1. The van der Waals surface area contributed by atoms with E-state index in [9.17, 15) is 9.59 Å². The first-order chi connectivity index (χ1) is 12.3. The molecule has 5 nitrogen and oxygen atoms in total. The average Bonchev–Trinajstić information content (AvgIpc) is 3.02. The fourth-order valence-corrected chi connectivity index (χ4v) is 7.38. The van der Waals surface area contributed by atoms with Crippen LogP contribution >= 0.6 is 15.9 Å². The summed E-state index contributed by atoms with van der Waals surface area (Å²) in [6, 6.07) is 3.56. The summed E-state index contributed by atoms with van der Waals surface area (Å²) in [7, 11) is 0. The summed E-state index contributed by atoms with van der Waals surface area (Å²) in [5.74, 6) is 1.60. The molecule has 1 aromatic rings. The molecule has 1 amide bonds. The molecule has 4 bridgehead atoms. The highest BCUT2D eigenvalue weighted by molar-refractivity contribution is 9.10. The maximum absolute atomic E-state index is 12.5. The summed E-state index contributed by atoms with van der Waals surface area (Å²) < 4.78 is 10.9. The van der Waals surface area contributed by atoms with Crippen molar-refractivity contribution >= 4 is 27.8 Å². The maximum Gasteiger partial charge on any atom is 0.307 e. The van der Waals surface area contributed by atoms with Gasteiger partial charge in [0.2, 0.25) is 0 Å². The van der Waals surface area contributed by atoms with Gasteiger partial charge in [0.15, 0.2) is 6.10 Å². The van der Waals surface area contributed by atoms with E-state index in [1.165, 1.54) is 19.3 Å². The molecule has 1 heterocycles. The number of carbonyl (C=O) groups is 2. The summed E-state index contributed by atoms with van der Waals surface area (Å²) in [4.78, 5) is 24.7. The van der Waals surface area contributed by atoms with Crippen molar-refractivity contribution in [3.63, 3.8) is 0 Å². The molecule has 2 unspecified atom stereocenters. The molecule has 26 heavy (non-hydrogen) atoms. The van der Waals surface area contributed by atoms with Crippen molar-refractivity contribution < 1.29 is 18.7 Å². The van der Waals surface area contributed by atoms with Crippen LogP contribution in [-0.4, -0.2) is 22.3 Å². The first kappa shape index (κ1) is 18.1. The van der Waals surface area contributed by atoms with Gasteiger partial charge in [-0.15, -0.1) is 0 Å². The zero-order chi connectivity index (χ0) is 18.4. The Kier molecular flexibility index (Phi) is 4.66. The van der Waals surface area contributed by atoms with Gasteiger partial charge in [0.25, 0.3) is 5.91 Å². The van der Waals surface area contributed by atoms with Crippen LogP contribution in [0.3, 0.4) is 0 Å². The van der Waals surface area contributed by atoms with Gasteiger partial charge in [-0.05, 0) is 74.8 Å². The molecule has 6 heteroatoms. The van der Waals surface area contributed by atoms with Crippen LogP contribution in [0.1, 0.15) is 57.6 Å². The van der Waals surface area contributed by atoms with E-state index in [1.807, 2.05) is 0 Å². The van der Waals surface area contributed by atoms with E-state index in [-0.39, 0.29) is 21.6 Å². The summed E-state index contributed by atoms with van der Waals surface area (Å²) in [5.41, 5.74) is 0.0645. The Bertz CT molecular complexity index is 672. The second-order valence-electron chi connectivity index (χ2n) is 8.72. The van der Waals surface area contributed by atoms with Gasteiger partial charge in [0, 0.05) is 4.32 Å². The fourth-order valence-electron chi connectivity index (χ4n) is 5.87. The summed E-state index contributed by atoms with van der Waals surface area (Å²) in [6.07, 6.45) is 8.32. The van der Waals surface area contributed by atoms with E-state index in [4.69, 9.17) is 9.15 Å². The highest BCUT2D eigenvalue weighted by atomic mass is 79.9. The van der Waals surface area contributed by atoms with Crippen molar-refractivity contribution in [2.75, 3.05) is 0 Å². The lowest BCUT2D eigenvalue weighted by atomic mass is 9.49. The number of nitrogens with one attached hydrogen (secondary N) is 1. The van der Waals surface area contributed by atoms with E-state index in [1.54, 1.807) is 25.3 Å². The Morgan fingerprint density at radius 3 is 2.69 bits per heavy atom. The fraction of sp³-hybridized carbons (Fsp3) is 0.700.